The van der Waals surface area contributed by atoms with Gasteiger partial charge in [-0.15, -0.1) is 0 Å². The number of imidazole rings is 1. The number of carbonyl (C=O) groups excluding carboxylic acids is 2. The third-order valence-electron chi connectivity index (χ3n) is 4.85. The molecule has 1 aliphatic heterocycles. The number of aromatic nitrogens is 2. The van der Waals surface area contributed by atoms with Crippen LogP contribution >= 0.6 is 0 Å². The highest BCUT2D eigenvalue weighted by molar-refractivity contribution is 5.82. The normalized spacial score (nSPS) is 14.7. The number of aryl methyl sites for hydroxylation is 2. The van der Waals surface area contributed by atoms with Gasteiger partial charge in [-0.3, -0.25) is 13.9 Å². The number of hydrogen-bond acceptors (Lipinski definition) is 4. The first kappa shape index (κ1) is 18.0. The monoisotopic (exact) mass is 360 g/mol. The maximum Gasteiger partial charge on any atom is 0.409 e. The first-order valence-electron chi connectivity index (χ1n) is 8.76. The molecule has 8 heteroatoms. The summed E-state index contributed by atoms with van der Waals surface area (Å²) in [5.74, 6) is 0.0220. The summed E-state index contributed by atoms with van der Waals surface area (Å²) in [4.78, 5) is 39.7. The molecule has 0 radical (unpaired) electrons. The van der Waals surface area contributed by atoms with Gasteiger partial charge in [0, 0.05) is 40.3 Å². The number of carbonyl (C=O) groups is 2. The first-order valence-corrected chi connectivity index (χ1v) is 8.76. The van der Waals surface area contributed by atoms with Crippen LogP contribution in [0.5, 0.6) is 0 Å². The maximum absolute atomic E-state index is 12.6. The minimum atomic E-state index is -0.324. The van der Waals surface area contributed by atoms with Gasteiger partial charge >= 0.3 is 11.8 Å². The van der Waals surface area contributed by atoms with E-state index < -0.39 is 0 Å². The molecule has 8 nitrogen and oxygen atoms in total. The molecule has 1 saturated heterocycles. The molecular weight excluding hydrogens is 336 g/mol. The van der Waals surface area contributed by atoms with Crippen LogP contribution in [0.15, 0.2) is 23.0 Å². The lowest BCUT2D eigenvalue weighted by Crippen LogP contribution is -2.51. The average Bonchev–Trinajstić information content (AvgIpc) is 2.86. The van der Waals surface area contributed by atoms with Crippen LogP contribution < -0.4 is 5.69 Å². The van der Waals surface area contributed by atoms with Gasteiger partial charge in [-0.2, -0.15) is 0 Å². The second-order valence-corrected chi connectivity index (χ2v) is 6.47. The van der Waals surface area contributed by atoms with Gasteiger partial charge < -0.3 is 14.5 Å². The molecule has 0 atom stereocenters. The topological polar surface area (TPSA) is 76.8 Å². The lowest BCUT2D eigenvalue weighted by atomic mass is 10.1. The molecule has 0 bridgehead atoms. The highest BCUT2D eigenvalue weighted by atomic mass is 16.6. The molecule has 0 saturated carbocycles. The third kappa shape index (κ3) is 3.31. The van der Waals surface area contributed by atoms with Crippen molar-refractivity contribution in [3.63, 3.8) is 0 Å². The molecule has 0 aliphatic carbocycles. The van der Waals surface area contributed by atoms with Gasteiger partial charge in [-0.25, -0.2) is 9.59 Å². The Balaban J connectivity index is 1.66. The van der Waals surface area contributed by atoms with E-state index in [2.05, 4.69) is 0 Å². The number of piperazine rings is 1. The number of hydrogen-bond donors (Lipinski definition) is 0. The Hall–Kier alpha value is -2.77. The van der Waals surface area contributed by atoms with Crippen molar-refractivity contribution in [2.45, 2.75) is 13.3 Å². The second kappa shape index (κ2) is 7.23. The Labute approximate surface area is 151 Å². The fraction of sp³-hybridized carbons (Fsp3) is 0.500. The van der Waals surface area contributed by atoms with Gasteiger partial charge in [-0.05, 0) is 24.6 Å². The van der Waals surface area contributed by atoms with Crippen molar-refractivity contribution in [2.75, 3.05) is 32.8 Å². The quantitative estimate of drug-likeness (QED) is 0.808. The van der Waals surface area contributed by atoms with Crippen molar-refractivity contribution in [2.24, 2.45) is 14.1 Å². The number of rotatable bonds is 3. The van der Waals surface area contributed by atoms with Crippen molar-refractivity contribution in [3.05, 3.63) is 34.2 Å². The predicted molar refractivity (Wildman–Crippen MR) is 97.0 cm³/mol. The van der Waals surface area contributed by atoms with Crippen molar-refractivity contribution < 1.29 is 14.3 Å². The van der Waals surface area contributed by atoms with Crippen molar-refractivity contribution >= 4 is 23.0 Å². The van der Waals surface area contributed by atoms with E-state index in [9.17, 15) is 14.4 Å². The van der Waals surface area contributed by atoms with Gasteiger partial charge in [0.1, 0.15) is 0 Å². The summed E-state index contributed by atoms with van der Waals surface area (Å²) in [5, 5.41) is 0. The lowest BCUT2D eigenvalue weighted by molar-refractivity contribution is -0.132. The molecule has 1 fully saturated rings. The third-order valence-corrected chi connectivity index (χ3v) is 4.85. The zero-order chi connectivity index (χ0) is 18.8. The van der Waals surface area contributed by atoms with E-state index in [1.165, 1.54) is 0 Å². The standard InChI is InChI=1S/C18H24N4O4/c1-4-26-18(25)22-9-7-21(8-10-22)16(23)12-13-5-6-14-15(11-13)20(3)17(24)19(14)2/h5-6,11H,4,7-10,12H2,1-3H3. The van der Waals surface area contributed by atoms with Gasteiger partial charge in [0.15, 0.2) is 0 Å². The van der Waals surface area contributed by atoms with Crippen LogP contribution in [0.1, 0.15) is 12.5 Å². The van der Waals surface area contributed by atoms with Crippen molar-refractivity contribution in [1.82, 2.24) is 18.9 Å². The molecule has 0 N–H and O–H groups in total. The van der Waals surface area contributed by atoms with Crippen LogP contribution in [0.3, 0.4) is 0 Å². The van der Waals surface area contributed by atoms with E-state index in [0.717, 1.165) is 16.6 Å². The van der Waals surface area contributed by atoms with Crippen LogP contribution in [-0.2, 0) is 30.0 Å². The van der Waals surface area contributed by atoms with Crippen LogP contribution in [0.2, 0.25) is 0 Å². The SMILES string of the molecule is CCOC(=O)N1CCN(C(=O)Cc2ccc3c(c2)n(C)c(=O)n3C)CC1. The summed E-state index contributed by atoms with van der Waals surface area (Å²) >= 11 is 0. The lowest BCUT2D eigenvalue weighted by Gasteiger charge is -2.34. The molecular formula is C18H24N4O4. The Morgan fingerprint density at radius 1 is 1.00 bits per heavy atom. The predicted octanol–water partition coefficient (Wildman–Crippen LogP) is 0.720. The summed E-state index contributed by atoms with van der Waals surface area (Å²) in [6.45, 7) is 4.10. The molecule has 2 heterocycles. The molecule has 1 aromatic heterocycles. The molecule has 0 spiro atoms. The number of amides is 2. The summed E-state index contributed by atoms with van der Waals surface area (Å²) in [7, 11) is 3.46. The molecule has 1 aromatic carbocycles. The van der Waals surface area contributed by atoms with Gasteiger partial charge in [0.2, 0.25) is 5.91 Å². The average molecular weight is 360 g/mol. The maximum atomic E-state index is 12.6. The number of fused-ring (bicyclic) bond motifs is 1. The zero-order valence-electron chi connectivity index (χ0n) is 15.4. The van der Waals surface area contributed by atoms with Crippen molar-refractivity contribution in [1.29, 1.82) is 0 Å². The summed E-state index contributed by atoms with van der Waals surface area (Å²) in [5.41, 5.74) is 2.45. The van der Waals surface area contributed by atoms with Gasteiger partial charge in [0.25, 0.3) is 0 Å². The Bertz CT molecular complexity index is 890. The number of ether oxygens (including phenoxy) is 1. The molecule has 3 rings (SSSR count). The van der Waals surface area contributed by atoms with E-state index in [1.54, 1.807) is 40.0 Å². The van der Waals surface area contributed by atoms with Gasteiger partial charge in [-0.1, -0.05) is 6.07 Å². The summed E-state index contributed by atoms with van der Waals surface area (Å²) < 4.78 is 8.17. The highest BCUT2D eigenvalue weighted by Crippen LogP contribution is 2.15. The van der Waals surface area contributed by atoms with Gasteiger partial charge in [0.05, 0.1) is 24.1 Å². The largest absolute Gasteiger partial charge is 0.450 e. The second-order valence-electron chi connectivity index (χ2n) is 6.47. The van der Waals surface area contributed by atoms with Crippen molar-refractivity contribution in [3.8, 4) is 0 Å². The summed E-state index contributed by atoms with van der Waals surface area (Å²) in [6, 6.07) is 5.65. The minimum absolute atomic E-state index is 0.0220. The Morgan fingerprint density at radius 3 is 2.27 bits per heavy atom. The summed E-state index contributed by atoms with van der Waals surface area (Å²) in [6.07, 6.45) is -0.0478. The fourth-order valence-electron chi connectivity index (χ4n) is 3.30. The Morgan fingerprint density at radius 2 is 1.62 bits per heavy atom. The van der Waals surface area contributed by atoms with Crippen LogP contribution in [0.25, 0.3) is 11.0 Å². The number of nitrogens with zero attached hydrogens (tertiary/aromatic N) is 4. The molecule has 2 aromatic rings. The fourth-order valence-corrected chi connectivity index (χ4v) is 3.30. The molecule has 140 valence electrons. The molecule has 1 aliphatic rings. The van der Waals surface area contributed by atoms with E-state index in [-0.39, 0.29) is 24.1 Å². The van der Waals surface area contributed by atoms with Crippen LogP contribution in [0.4, 0.5) is 4.79 Å². The Kier molecular flexibility index (Phi) is 5.01. The van der Waals surface area contributed by atoms with E-state index in [0.29, 0.717) is 32.8 Å². The molecule has 0 unspecified atom stereocenters. The molecule has 2 amide bonds. The smallest absolute Gasteiger partial charge is 0.409 e. The zero-order valence-corrected chi connectivity index (χ0v) is 15.4. The van der Waals surface area contributed by atoms with E-state index in [4.69, 9.17) is 4.74 Å². The van der Waals surface area contributed by atoms with E-state index in [1.807, 2.05) is 18.2 Å². The van der Waals surface area contributed by atoms with Crippen LogP contribution in [-0.4, -0.2) is 63.7 Å². The highest BCUT2D eigenvalue weighted by Gasteiger charge is 2.24. The molecule has 26 heavy (non-hydrogen) atoms. The van der Waals surface area contributed by atoms with E-state index >= 15 is 0 Å². The first-order chi connectivity index (χ1) is 12.4. The van der Waals surface area contributed by atoms with Crippen LogP contribution in [0, 0.1) is 0 Å². The number of benzene rings is 1. The minimum Gasteiger partial charge on any atom is -0.450 e.